The molecule has 0 aromatic rings. The Balaban J connectivity index is 4.90. The minimum atomic E-state index is -1.30. The van der Waals surface area contributed by atoms with Gasteiger partial charge >= 0.3 is 5.97 Å². The van der Waals surface area contributed by atoms with Crippen molar-refractivity contribution in [1.29, 1.82) is 0 Å². The molecule has 0 aliphatic rings. The standard InChI is InChI=1S/C8H21NO4Si/c1-5-6-7(9,10-2)8(11-3,12-4)13-14/h5-6,9H2,1-4,14H3. The van der Waals surface area contributed by atoms with E-state index in [0.29, 0.717) is 16.9 Å². The summed E-state index contributed by atoms with van der Waals surface area (Å²) in [6, 6.07) is 0. The maximum Gasteiger partial charge on any atom is 0.317 e. The highest BCUT2D eigenvalue weighted by atomic mass is 28.2. The van der Waals surface area contributed by atoms with Crippen molar-refractivity contribution in [2.45, 2.75) is 31.5 Å². The van der Waals surface area contributed by atoms with Gasteiger partial charge in [-0.2, -0.15) is 0 Å². The molecule has 0 fully saturated rings. The first kappa shape index (κ1) is 14.0. The highest BCUT2D eigenvalue weighted by Crippen LogP contribution is 2.30. The number of ether oxygens (including phenoxy) is 3. The Morgan fingerprint density at radius 1 is 1.14 bits per heavy atom. The third-order valence-corrected chi connectivity index (χ3v) is 2.85. The molecule has 0 amide bonds. The first-order valence-electron chi connectivity index (χ1n) is 4.55. The molecule has 0 aromatic heterocycles. The molecule has 5 nitrogen and oxygen atoms in total. The van der Waals surface area contributed by atoms with Crippen LogP contribution in [0.4, 0.5) is 0 Å². The maximum atomic E-state index is 6.04. The van der Waals surface area contributed by atoms with Gasteiger partial charge in [-0.25, -0.2) is 0 Å². The van der Waals surface area contributed by atoms with Crippen LogP contribution in [0.15, 0.2) is 0 Å². The van der Waals surface area contributed by atoms with Crippen molar-refractivity contribution < 1.29 is 18.6 Å². The van der Waals surface area contributed by atoms with Crippen molar-refractivity contribution in [3.8, 4) is 0 Å². The molecule has 0 spiro atoms. The monoisotopic (exact) mass is 223 g/mol. The van der Waals surface area contributed by atoms with E-state index in [-0.39, 0.29) is 0 Å². The second-order valence-electron chi connectivity index (χ2n) is 3.01. The Hall–Kier alpha value is 0.0169. The molecule has 0 saturated heterocycles. The van der Waals surface area contributed by atoms with E-state index < -0.39 is 11.7 Å². The third kappa shape index (κ3) is 2.33. The fraction of sp³-hybridized carbons (Fsp3) is 1.00. The van der Waals surface area contributed by atoms with E-state index >= 15 is 0 Å². The summed E-state index contributed by atoms with van der Waals surface area (Å²) in [4.78, 5) is 0. The van der Waals surface area contributed by atoms with E-state index in [1.165, 1.54) is 21.3 Å². The number of methoxy groups -OCH3 is 3. The third-order valence-electron chi connectivity index (χ3n) is 2.31. The molecule has 1 unspecified atom stereocenters. The van der Waals surface area contributed by atoms with E-state index in [4.69, 9.17) is 24.4 Å². The van der Waals surface area contributed by atoms with Gasteiger partial charge in [0.25, 0.3) is 0 Å². The SMILES string of the molecule is CCCC(N)(OC)C(OC)(OC)O[SiH3]. The summed E-state index contributed by atoms with van der Waals surface area (Å²) in [5.41, 5.74) is 4.97. The zero-order valence-corrected chi connectivity index (χ0v) is 11.6. The van der Waals surface area contributed by atoms with Gasteiger partial charge in [-0.15, -0.1) is 0 Å². The van der Waals surface area contributed by atoms with E-state index in [9.17, 15) is 0 Å². The largest absolute Gasteiger partial charge is 0.377 e. The van der Waals surface area contributed by atoms with Crippen LogP contribution in [0.25, 0.3) is 0 Å². The van der Waals surface area contributed by atoms with Crippen LogP contribution < -0.4 is 5.73 Å². The molecule has 0 aromatic carbocycles. The maximum absolute atomic E-state index is 6.04. The lowest BCUT2D eigenvalue weighted by molar-refractivity contribution is -0.400. The van der Waals surface area contributed by atoms with Crippen molar-refractivity contribution in [2.24, 2.45) is 5.73 Å². The second kappa shape index (κ2) is 5.79. The fourth-order valence-electron chi connectivity index (χ4n) is 1.52. The van der Waals surface area contributed by atoms with Crippen molar-refractivity contribution in [1.82, 2.24) is 0 Å². The molecule has 14 heavy (non-hydrogen) atoms. The van der Waals surface area contributed by atoms with Crippen molar-refractivity contribution >= 4 is 10.5 Å². The average Bonchev–Trinajstić information content (AvgIpc) is 2.21. The summed E-state index contributed by atoms with van der Waals surface area (Å²) < 4.78 is 20.9. The van der Waals surface area contributed by atoms with Gasteiger partial charge < -0.3 is 18.6 Å². The van der Waals surface area contributed by atoms with Crippen LogP contribution in [0.2, 0.25) is 0 Å². The molecular weight excluding hydrogens is 202 g/mol. The van der Waals surface area contributed by atoms with Crippen LogP contribution in [0.1, 0.15) is 19.8 Å². The molecule has 0 aliphatic heterocycles. The van der Waals surface area contributed by atoms with Crippen LogP contribution in [0, 0.1) is 0 Å². The van der Waals surface area contributed by atoms with E-state index in [1.54, 1.807) is 0 Å². The topological polar surface area (TPSA) is 62.9 Å². The molecule has 1 atom stereocenters. The molecule has 6 heteroatoms. The van der Waals surface area contributed by atoms with Gasteiger partial charge in [0.2, 0.25) is 0 Å². The number of nitrogens with two attached hydrogens (primary N) is 1. The summed E-state index contributed by atoms with van der Waals surface area (Å²) >= 11 is 0. The predicted octanol–water partition coefficient (Wildman–Crippen LogP) is -0.668. The summed E-state index contributed by atoms with van der Waals surface area (Å²) in [5, 5.41) is 0. The highest BCUT2D eigenvalue weighted by molar-refractivity contribution is 5.98. The molecule has 86 valence electrons. The predicted molar refractivity (Wildman–Crippen MR) is 56.6 cm³/mol. The molecular formula is C8H21NO4Si. The zero-order valence-electron chi connectivity index (χ0n) is 9.62. The summed E-state index contributed by atoms with van der Waals surface area (Å²) in [5.74, 6) is -1.30. The lowest BCUT2D eigenvalue weighted by Gasteiger charge is -2.43. The van der Waals surface area contributed by atoms with Gasteiger partial charge in [-0.1, -0.05) is 13.3 Å². The van der Waals surface area contributed by atoms with Crippen molar-refractivity contribution in [3.63, 3.8) is 0 Å². The number of rotatable bonds is 7. The smallest absolute Gasteiger partial charge is 0.317 e. The van der Waals surface area contributed by atoms with Gasteiger partial charge in [-0.05, 0) is 6.42 Å². The van der Waals surface area contributed by atoms with Crippen LogP contribution in [-0.2, 0) is 18.6 Å². The molecule has 0 heterocycles. The van der Waals surface area contributed by atoms with Crippen LogP contribution in [-0.4, -0.2) is 43.5 Å². The minimum Gasteiger partial charge on any atom is -0.377 e. The highest BCUT2D eigenvalue weighted by Gasteiger charge is 2.51. The Kier molecular flexibility index (Phi) is 5.80. The van der Waals surface area contributed by atoms with Gasteiger partial charge in [0.05, 0.1) is 0 Å². The lowest BCUT2D eigenvalue weighted by Crippen LogP contribution is -2.65. The zero-order chi connectivity index (χ0) is 11.2. The average molecular weight is 223 g/mol. The molecule has 2 N–H and O–H groups in total. The molecule has 0 bridgehead atoms. The Labute approximate surface area is 88.4 Å². The lowest BCUT2D eigenvalue weighted by atomic mass is 10.1. The first-order valence-corrected chi connectivity index (χ1v) is 5.37. The Morgan fingerprint density at radius 3 is 1.86 bits per heavy atom. The van der Waals surface area contributed by atoms with Gasteiger partial charge in [0.15, 0.2) is 16.2 Å². The second-order valence-corrected chi connectivity index (χ2v) is 3.42. The summed E-state index contributed by atoms with van der Waals surface area (Å²) in [6.07, 6.45) is 1.44. The normalized spacial score (nSPS) is 16.9. The summed E-state index contributed by atoms with van der Waals surface area (Å²) in [6.45, 7) is 2.00. The minimum absolute atomic E-state index is 0.448. The number of hydrogen-bond acceptors (Lipinski definition) is 5. The van der Waals surface area contributed by atoms with Crippen LogP contribution in [0.5, 0.6) is 0 Å². The van der Waals surface area contributed by atoms with Gasteiger partial charge in [0.1, 0.15) is 0 Å². The quantitative estimate of drug-likeness (QED) is 0.458. The van der Waals surface area contributed by atoms with Gasteiger partial charge in [-0.3, -0.25) is 5.73 Å². The first-order chi connectivity index (χ1) is 6.55. The Morgan fingerprint density at radius 2 is 1.64 bits per heavy atom. The van der Waals surface area contributed by atoms with E-state index in [0.717, 1.165) is 6.42 Å². The van der Waals surface area contributed by atoms with Crippen LogP contribution >= 0.6 is 0 Å². The van der Waals surface area contributed by atoms with E-state index in [1.807, 2.05) is 6.92 Å². The molecule has 0 radical (unpaired) electrons. The van der Waals surface area contributed by atoms with Crippen molar-refractivity contribution in [3.05, 3.63) is 0 Å². The molecule has 0 saturated carbocycles. The van der Waals surface area contributed by atoms with E-state index in [2.05, 4.69) is 0 Å². The number of hydrogen-bond donors (Lipinski definition) is 1. The molecule has 0 aliphatic carbocycles. The molecule has 0 rings (SSSR count). The van der Waals surface area contributed by atoms with Crippen molar-refractivity contribution in [2.75, 3.05) is 21.3 Å². The Bertz CT molecular complexity index is 157. The summed E-state index contributed by atoms with van der Waals surface area (Å²) in [7, 11) is 4.93. The fourth-order valence-corrected chi connectivity index (χ4v) is 2.20. The van der Waals surface area contributed by atoms with Crippen LogP contribution in [0.3, 0.4) is 0 Å². The van der Waals surface area contributed by atoms with Gasteiger partial charge in [0, 0.05) is 21.3 Å².